The molecule has 20 heavy (non-hydrogen) atoms. The lowest BCUT2D eigenvalue weighted by atomic mass is 10.1. The van der Waals surface area contributed by atoms with E-state index in [0.29, 0.717) is 6.04 Å². The van der Waals surface area contributed by atoms with Crippen molar-refractivity contribution in [2.45, 2.75) is 25.9 Å². The number of aromatic nitrogens is 1. The summed E-state index contributed by atoms with van der Waals surface area (Å²) < 4.78 is 0. The van der Waals surface area contributed by atoms with Crippen LogP contribution in [0.1, 0.15) is 17.7 Å². The van der Waals surface area contributed by atoms with Gasteiger partial charge in [0.25, 0.3) is 0 Å². The number of likely N-dealkylation sites (tertiary alicyclic amines) is 1. The first-order chi connectivity index (χ1) is 9.69. The number of nitrogens with zero attached hydrogens (tertiary/aromatic N) is 2. The zero-order valence-electron chi connectivity index (χ0n) is 12.0. The Morgan fingerprint density at radius 3 is 2.95 bits per heavy atom. The zero-order chi connectivity index (χ0) is 14.1. The molecular weight excluding hydrogens is 270 g/mol. The van der Waals surface area contributed by atoms with Crippen LogP contribution in [0.15, 0.2) is 24.3 Å². The monoisotopic (exact) mass is 289 g/mol. The molecule has 0 amide bonds. The van der Waals surface area contributed by atoms with Gasteiger partial charge in [-0.05, 0) is 32.0 Å². The number of aryl methyl sites for hydroxylation is 1. The predicted molar refractivity (Wildman–Crippen MR) is 84.2 cm³/mol. The molecule has 3 rings (SSSR count). The van der Waals surface area contributed by atoms with E-state index < -0.39 is 0 Å². The number of hydrogen-bond acceptors (Lipinski definition) is 3. The average molecular weight is 290 g/mol. The van der Waals surface area contributed by atoms with Crippen molar-refractivity contribution in [1.82, 2.24) is 15.2 Å². The summed E-state index contributed by atoms with van der Waals surface area (Å²) in [6.45, 7) is 5.09. The number of pyridine rings is 1. The highest BCUT2D eigenvalue weighted by Crippen LogP contribution is 2.28. The first-order valence-corrected chi connectivity index (χ1v) is 7.50. The van der Waals surface area contributed by atoms with Crippen LogP contribution in [0.3, 0.4) is 0 Å². The Kier molecular flexibility index (Phi) is 3.92. The summed E-state index contributed by atoms with van der Waals surface area (Å²) in [5, 5.41) is 5.31. The van der Waals surface area contributed by atoms with Crippen LogP contribution in [0.2, 0.25) is 5.02 Å². The highest BCUT2D eigenvalue weighted by molar-refractivity contribution is 6.32. The van der Waals surface area contributed by atoms with E-state index in [1.165, 1.54) is 6.42 Å². The van der Waals surface area contributed by atoms with E-state index in [0.717, 1.165) is 46.8 Å². The molecule has 0 spiro atoms. The normalized spacial score (nSPS) is 19.9. The van der Waals surface area contributed by atoms with Crippen LogP contribution in [-0.4, -0.2) is 36.1 Å². The van der Waals surface area contributed by atoms with Crippen LogP contribution >= 0.6 is 11.6 Å². The third kappa shape index (κ3) is 2.53. The average Bonchev–Trinajstić information content (AvgIpc) is 2.92. The molecule has 1 N–H and O–H groups in total. The van der Waals surface area contributed by atoms with Gasteiger partial charge in [0.1, 0.15) is 0 Å². The minimum atomic E-state index is 0.593. The van der Waals surface area contributed by atoms with Crippen LogP contribution in [0.25, 0.3) is 10.9 Å². The second kappa shape index (κ2) is 5.68. The van der Waals surface area contributed by atoms with Crippen molar-refractivity contribution >= 4 is 22.5 Å². The largest absolute Gasteiger partial charge is 0.316 e. The third-order valence-electron chi connectivity index (χ3n) is 4.20. The lowest BCUT2D eigenvalue weighted by Crippen LogP contribution is -2.29. The topological polar surface area (TPSA) is 28.2 Å². The van der Waals surface area contributed by atoms with Crippen molar-refractivity contribution in [1.29, 1.82) is 0 Å². The molecule has 2 aromatic rings. The van der Waals surface area contributed by atoms with Gasteiger partial charge in [0.05, 0.1) is 16.2 Å². The molecule has 106 valence electrons. The molecule has 1 aliphatic heterocycles. The lowest BCUT2D eigenvalue weighted by molar-refractivity contribution is 0.319. The van der Waals surface area contributed by atoms with Crippen LogP contribution in [0.5, 0.6) is 0 Å². The molecule has 0 bridgehead atoms. The Morgan fingerprint density at radius 2 is 2.20 bits per heavy atom. The molecule has 1 saturated heterocycles. The molecule has 1 aliphatic rings. The number of likely N-dealkylation sites (N-methyl/N-ethyl adjacent to an activating group) is 1. The molecule has 3 nitrogen and oxygen atoms in total. The van der Waals surface area contributed by atoms with Gasteiger partial charge in [0.2, 0.25) is 0 Å². The predicted octanol–water partition coefficient (Wildman–Crippen LogP) is 2.99. The van der Waals surface area contributed by atoms with E-state index in [1.54, 1.807) is 0 Å². The zero-order valence-corrected chi connectivity index (χ0v) is 12.7. The number of nitrogens with one attached hydrogen (secondary N) is 1. The summed E-state index contributed by atoms with van der Waals surface area (Å²) in [4.78, 5) is 7.18. The van der Waals surface area contributed by atoms with Crippen LogP contribution in [0.4, 0.5) is 0 Å². The quantitative estimate of drug-likeness (QED) is 0.941. The number of fused-ring (bicyclic) bond motifs is 1. The summed E-state index contributed by atoms with van der Waals surface area (Å²) in [5.41, 5.74) is 3.17. The number of rotatable bonds is 3. The molecule has 2 heterocycles. The minimum absolute atomic E-state index is 0.593. The molecule has 4 heteroatoms. The van der Waals surface area contributed by atoms with Gasteiger partial charge in [-0.2, -0.15) is 0 Å². The van der Waals surface area contributed by atoms with Gasteiger partial charge < -0.3 is 5.32 Å². The molecule has 1 aromatic carbocycles. The van der Waals surface area contributed by atoms with Crippen LogP contribution in [0, 0.1) is 6.92 Å². The van der Waals surface area contributed by atoms with E-state index in [-0.39, 0.29) is 0 Å². The Labute approximate surface area is 124 Å². The van der Waals surface area contributed by atoms with Gasteiger partial charge in [-0.15, -0.1) is 0 Å². The number of benzene rings is 1. The first-order valence-electron chi connectivity index (χ1n) is 7.12. The molecule has 1 atom stereocenters. The summed E-state index contributed by atoms with van der Waals surface area (Å²) in [6.07, 6.45) is 1.20. The van der Waals surface area contributed by atoms with Gasteiger partial charge in [-0.3, -0.25) is 4.90 Å². The van der Waals surface area contributed by atoms with Gasteiger partial charge in [-0.25, -0.2) is 4.98 Å². The van der Waals surface area contributed by atoms with E-state index in [9.17, 15) is 0 Å². The highest BCUT2D eigenvalue weighted by Gasteiger charge is 2.22. The van der Waals surface area contributed by atoms with Crippen molar-refractivity contribution in [2.24, 2.45) is 0 Å². The molecular formula is C16H20ClN3. The van der Waals surface area contributed by atoms with Gasteiger partial charge >= 0.3 is 0 Å². The van der Waals surface area contributed by atoms with Crippen molar-refractivity contribution in [3.8, 4) is 0 Å². The standard InChI is InChI=1S/C16H20ClN3/c1-11-13-5-3-4-6-14(13)19-15(16(11)17)10-20-8-7-12(9-20)18-2/h3-6,12,18H,7-10H2,1-2H3. The van der Waals surface area contributed by atoms with Crippen molar-refractivity contribution in [3.63, 3.8) is 0 Å². The maximum Gasteiger partial charge on any atom is 0.0740 e. The summed E-state index contributed by atoms with van der Waals surface area (Å²) >= 11 is 6.52. The Hall–Kier alpha value is -1.16. The van der Waals surface area contributed by atoms with Crippen molar-refractivity contribution in [3.05, 3.63) is 40.5 Å². The van der Waals surface area contributed by atoms with Crippen LogP contribution in [-0.2, 0) is 6.54 Å². The molecule has 1 fully saturated rings. The third-order valence-corrected chi connectivity index (χ3v) is 4.70. The maximum absolute atomic E-state index is 6.52. The molecule has 0 saturated carbocycles. The van der Waals surface area contributed by atoms with E-state index in [4.69, 9.17) is 16.6 Å². The summed E-state index contributed by atoms with van der Waals surface area (Å²) in [7, 11) is 2.03. The number of para-hydroxylation sites is 1. The van der Waals surface area contributed by atoms with E-state index >= 15 is 0 Å². The summed E-state index contributed by atoms with van der Waals surface area (Å²) in [5.74, 6) is 0. The smallest absolute Gasteiger partial charge is 0.0740 e. The van der Waals surface area contributed by atoms with Gasteiger partial charge in [0, 0.05) is 31.1 Å². The maximum atomic E-state index is 6.52. The Morgan fingerprint density at radius 1 is 1.40 bits per heavy atom. The van der Waals surface area contributed by atoms with E-state index in [1.807, 2.05) is 19.2 Å². The second-order valence-corrected chi connectivity index (χ2v) is 5.90. The van der Waals surface area contributed by atoms with E-state index in [2.05, 4.69) is 29.3 Å². The molecule has 0 aliphatic carbocycles. The van der Waals surface area contributed by atoms with Gasteiger partial charge in [-0.1, -0.05) is 29.8 Å². The fourth-order valence-electron chi connectivity index (χ4n) is 2.95. The van der Waals surface area contributed by atoms with Crippen molar-refractivity contribution < 1.29 is 0 Å². The minimum Gasteiger partial charge on any atom is -0.316 e. The van der Waals surface area contributed by atoms with Crippen LogP contribution < -0.4 is 5.32 Å². The molecule has 1 aromatic heterocycles. The Bertz CT molecular complexity index is 626. The Balaban J connectivity index is 1.90. The highest BCUT2D eigenvalue weighted by atomic mass is 35.5. The first kappa shape index (κ1) is 13.8. The molecule has 1 unspecified atom stereocenters. The number of hydrogen-bond donors (Lipinski definition) is 1. The van der Waals surface area contributed by atoms with Crippen molar-refractivity contribution in [2.75, 3.05) is 20.1 Å². The molecule has 0 radical (unpaired) electrons. The fraction of sp³-hybridized carbons (Fsp3) is 0.438. The second-order valence-electron chi connectivity index (χ2n) is 5.52. The lowest BCUT2D eigenvalue weighted by Gasteiger charge is -2.17. The summed E-state index contributed by atoms with van der Waals surface area (Å²) in [6, 6.07) is 8.79. The SMILES string of the molecule is CNC1CCN(Cc2nc3ccccc3c(C)c2Cl)C1. The number of halogens is 1. The fourth-order valence-corrected chi connectivity index (χ4v) is 3.15. The van der Waals surface area contributed by atoms with Gasteiger partial charge in [0.15, 0.2) is 0 Å².